The summed E-state index contributed by atoms with van der Waals surface area (Å²) < 4.78 is 0. The van der Waals surface area contributed by atoms with Crippen molar-refractivity contribution >= 4 is 18.1 Å². The minimum absolute atomic E-state index is 0. The second-order valence-electron chi connectivity index (χ2n) is 5.88. The number of anilines is 1. The van der Waals surface area contributed by atoms with E-state index in [1.165, 1.54) is 56.9 Å². The fourth-order valence-corrected chi connectivity index (χ4v) is 3.24. The minimum Gasteiger partial charge on any atom is -0.399 e. The van der Waals surface area contributed by atoms with Crippen molar-refractivity contribution < 1.29 is 0 Å². The zero-order valence-corrected chi connectivity index (χ0v) is 12.9. The van der Waals surface area contributed by atoms with Crippen LogP contribution in [0.3, 0.4) is 0 Å². The normalized spacial score (nSPS) is 22.8. The number of rotatable bonds is 5. The summed E-state index contributed by atoms with van der Waals surface area (Å²) in [5, 5.41) is 0. The molecule has 1 nitrogen and oxygen atoms in total. The molecule has 1 aliphatic rings. The maximum absolute atomic E-state index is 5.75. The molecule has 1 saturated carbocycles. The van der Waals surface area contributed by atoms with E-state index in [1.807, 2.05) is 12.1 Å². The Bertz CT molecular complexity index is 339. The third-order valence-corrected chi connectivity index (χ3v) is 4.47. The molecule has 2 N–H and O–H groups in total. The van der Waals surface area contributed by atoms with Crippen LogP contribution < -0.4 is 5.73 Å². The number of unbranched alkanes of at least 4 members (excludes halogenated alkanes) is 2. The minimum atomic E-state index is 0. The average Bonchev–Trinajstić information content (AvgIpc) is 2.41. The van der Waals surface area contributed by atoms with Gasteiger partial charge in [0.25, 0.3) is 0 Å². The topological polar surface area (TPSA) is 26.0 Å². The molecule has 0 saturated heterocycles. The van der Waals surface area contributed by atoms with E-state index >= 15 is 0 Å². The van der Waals surface area contributed by atoms with Crippen LogP contribution in [0.25, 0.3) is 0 Å². The first kappa shape index (κ1) is 16.4. The molecule has 1 aromatic carbocycles. The standard InChI is InChI=1S/C17H27N.ClH/c1-2-3-4-5-14-6-8-15(9-7-14)16-10-12-17(18)13-11-16;/h10-15H,2-9,18H2,1H3;1H. The van der Waals surface area contributed by atoms with Gasteiger partial charge in [0.15, 0.2) is 0 Å². The van der Waals surface area contributed by atoms with Crippen LogP contribution in [0.15, 0.2) is 24.3 Å². The van der Waals surface area contributed by atoms with Gasteiger partial charge in [0.05, 0.1) is 0 Å². The van der Waals surface area contributed by atoms with Crippen molar-refractivity contribution in [3.05, 3.63) is 29.8 Å². The van der Waals surface area contributed by atoms with Gasteiger partial charge in [0, 0.05) is 5.69 Å². The van der Waals surface area contributed by atoms with Gasteiger partial charge < -0.3 is 5.73 Å². The van der Waals surface area contributed by atoms with Gasteiger partial charge in [0.2, 0.25) is 0 Å². The van der Waals surface area contributed by atoms with Crippen molar-refractivity contribution in [3.8, 4) is 0 Å². The van der Waals surface area contributed by atoms with E-state index in [-0.39, 0.29) is 12.4 Å². The van der Waals surface area contributed by atoms with Gasteiger partial charge in [-0.2, -0.15) is 0 Å². The fraction of sp³-hybridized carbons (Fsp3) is 0.647. The van der Waals surface area contributed by atoms with Crippen molar-refractivity contribution in [2.75, 3.05) is 5.73 Å². The molecular formula is C17H28ClN. The molecule has 2 rings (SSSR count). The largest absolute Gasteiger partial charge is 0.399 e. The van der Waals surface area contributed by atoms with Crippen molar-refractivity contribution in [2.24, 2.45) is 5.92 Å². The molecule has 108 valence electrons. The van der Waals surface area contributed by atoms with Crippen molar-refractivity contribution in [2.45, 2.75) is 64.2 Å². The smallest absolute Gasteiger partial charge is 0.0314 e. The fourth-order valence-electron chi connectivity index (χ4n) is 3.24. The summed E-state index contributed by atoms with van der Waals surface area (Å²) in [4.78, 5) is 0. The van der Waals surface area contributed by atoms with E-state index in [9.17, 15) is 0 Å². The van der Waals surface area contributed by atoms with Crippen LogP contribution in [0.5, 0.6) is 0 Å². The lowest BCUT2D eigenvalue weighted by molar-refractivity contribution is 0.303. The monoisotopic (exact) mass is 281 g/mol. The predicted octanol–water partition coefficient (Wildman–Crippen LogP) is 5.54. The lowest BCUT2D eigenvalue weighted by atomic mass is 9.77. The molecule has 1 fully saturated rings. The van der Waals surface area contributed by atoms with Crippen LogP contribution in [-0.4, -0.2) is 0 Å². The Kier molecular flexibility index (Phi) is 7.30. The van der Waals surface area contributed by atoms with Crippen molar-refractivity contribution in [1.82, 2.24) is 0 Å². The van der Waals surface area contributed by atoms with Crippen molar-refractivity contribution in [3.63, 3.8) is 0 Å². The van der Waals surface area contributed by atoms with E-state index in [4.69, 9.17) is 5.73 Å². The number of nitrogen functional groups attached to an aromatic ring is 1. The summed E-state index contributed by atoms with van der Waals surface area (Å²) in [6, 6.07) is 8.53. The third-order valence-electron chi connectivity index (χ3n) is 4.47. The predicted molar refractivity (Wildman–Crippen MR) is 86.9 cm³/mol. The maximum Gasteiger partial charge on any atom is 0.0314 e. The Labute approximate surface area is 124 Å². The zero-order valence-electron chi connectivity index (χ0n) is 12.1. The molecule has 2 heteroatoms. The van der Waals surface area contributed by atoms with Crippen LogP contribution in [0, 0.1) is 5.92 Å². The summed E-state index contributed by atoms with van der Waals surface area (Å²) in [7, 11) is 0. The number of hydrogen-bond donors (Lipinski definition) is 1. The lowest BCUT2D eigenvalue weighted by Gasteiger charge is -2.29. The summed E-state index contributed by atoms with van der Waals surface area (Å²) in [5.74, 6) is 1.79. The first-order valence-corrected chi connectivity index (χ1v) is 7.65. The van der Waals surface area contributed by atoms with Gasteiger partial charge in [0.1, 0.15) is 0 Å². The average molecular weight is 282 g/mol. The maximum atomic E-state index is 5.75. The Morgan fingerprint density at radius 3 is 2.21 bits per heavy atom. The SMILES string of the molecule is CCCCCC1CCC(c2ccc(N)cc2)CC1.Cl. The van der Waals surface area contributed by atoms with Gasteiger partial charge >= 0.3 is 0 Å². The van der Waals surface area contributed by atoms with Gasteiger partial charge in [-0.05, 0) is 55.2 Å². The van der Waals surface area contributed by atoms with Crippen LogP contribution in [0.1, 0.15) is 69.8 Å². The van der Waals surface area contributed by atoms with E-state index in [2.05, 4.69) is 19.1 Å². The molecule has 0 bridgehead atoms. The Morgan fingerprint density at radius 2 is 1.63 bits per heavy atom. The number of hydrogen-bond acceptors (Lipinski definition) is 1. The first-order chi connectivity index (χ1) is 8.79. The van der Waals surface area contributed by atoms with E-state index < -0.39 is 0 Å². The molecule has 0 atom stereocenters. The second-order valence-corrected chi connectivity index (χ2v) is 5.88. The van der Waals surface area contributed by atoms with Crippen LogP contribution >= 0.6 is 12.4 Å². The highest BCUT2D eigenvalue weighted by Gasteiger charge is 2.21. The van der Waals surface area contributed by atoms with Gasteiger partial charge in [-0.1, -0.05) is 44.7 Å². The third kappa shape index (κ3) is 5.06. The zero-order chi connectivity index (χ0) is 12.8. The van der Waals surface area contributed by atoms with E-state index in [0.29, 0.717) is 0 Å². The molecule has 1 aromatic rings. The van der Waals surface area contributed by atoms with Crippen LogP contribution in [-0.2, 0) is 0 Å². The molecule has 19 heavy (non-hydrogen) atoms. The molecule has 0 amide bonds. The molecule has 0 aliphatic heterocycles. The highest BCUT2D eigenvalue weighted by Crippen LogP contribution is 2.37. The van der Waals surface area contributed by atoms with Gasteiger partial charge in [-0.25, -0.2) is 0 Å². The highest BCUT2D eigenvalue weighted by atomic mass is 35.5. The Hall–Kier alpha value is -0.690. The first-order valence-electron chi connectivity index (χ1n) is 7.65. The Morgan fingerprint density at radius 1 is 1.00 bits per heavy atom. The lowest BCUT2D eigenvalue weighted by Crippen LogP contribution is -2.13. The van der Waals surface area contributed by atoms with Crippen molar-refractivity contribution in [1.29, 1.82) is 0 Å². The molecular weight excluding hydrogens is 254 g/mol. The molecule has 0 spiro atoms. The summed E-state index contributed by atoms with van der Waals surface area (Å²) in [5.41, 5.74) is 8.12. The number of benzene rings is 1. The van der Waals surface area contributed by atoms with Crippen LogP contribution in [0.2, 0.25) is 0 Å². The number of nitrogens with two attached hydrogens (primary N) is 1. The van der Waals surface area contributed by atoms with Gasteiger partial charge in [-0.3, -0.25) is 0 Å². The molecule has 0 heterocycles. The summed E-state index contributed by atoms with van der Waals surface area (Å²) >= 11 is 0. The summed E-state index contributed by atoms with van der Waals surface area (Å²) in [6.07, 6.45) is 11.3. The molecule has 0 radical (unpaired) electrons. The molecule has 0 aromatic heterocycles. The highest BCUT2D eigenvalue weighted by molar-refractivity contribution is 5.85. The van der Waals surface area contributed by atoms with E-state index in [1.54, 1.807) is 0 Å². The van der Waals surface area contributed by atoms with Crippen LogP contribution in [0.4, 0.5) is 5.69 Å². The number of halogens is 1. The summed E-state index contributed by atoms with van der Waals surface area (Å²) in [6.45, 7) is 2.29. The van der Waals surface area contributed by atoms with E-state index in [0.717, 1.165) is 17.5 Å². The molecule has 0 unspecified atom stereocenters. The van der Waals surface area contributed by atoms with Gasteiger partial charge in [-0.15, -0.1) is 12.4 Å². The quantitative estimate of drug-likeness (QED) is 0.556. The Balaban J connectivity index is 0.00000180. The second kappa shape index (κ2) is 8.47. The molecule has 1 aliphatic carbocycles.